The topological polar surface area (TPSA) is 93.2 Å². The maximum atomic E-state index is 12.7. The third kappa shape index (κ3) is 5.36. The summed E-state index contributed by atoms with van der Waals surface area (Å²) in [6, 6.07) is 6.21. The Balaban J connectivity index is 1.46. The van der Waals surface area contributed by atoms with Crippen LogP contribution in [0, 0.1) is 5.92 Å². The number of methoxy groups -OCH3 is 1. The first-order valence-corrected chi connectivity index (χ1v) is 11.1. The molecule has 1 aliphatic heterocycles. The van der Waals surface area contributed by atoms with Crippen LogP contribution >= 0.6 is 0 Å². The number of benzene rings is 1. The molecule has 1 heterocycles. The minimum atomic E-state index is -3.63. The second-order valence-corrected chi connectivity index (χ2v) is 9.03. The fraction of sp³-hybridized carbons (Fsp3) is 0.500. The molecule has 9 heteroatoms. The van der Waals surface area contributed by atoms with Gasteiger partial charge in [-0.05, 0) is 43.0 Å². The van der Waals surface area contributed by atoms with Crippen molar-refractivity contribution in [3.05, 3.63) is 36.4 Å². The summed E-state index contributed by atoms with van der Waals surface area (Å²) in [6.45, 7) is 0.608. The van der Waals surface area contributed by atoms with Crippen LogP contribution in [0.25, 0.3) is 0 Å². The van der Waals surface area contributed by atoms with Gasteiger partial charge in [-0.25, -0.2) is 8.42 Å². The number of carbonyl (C=O) groups excluding carboxylic acids is 2. The van der Waals surface area contributed by atoms with Crippen molar-refractivity contribution in [2.24, 2.45) is 5.92 Å². The maximum absolute atomic E-state index is 12.7. The number of carbonyl (C=O) groups is 2. The van der Waals surface area contributed by atoms with Crippen LogP contribution in [0.2, 0.25) is 0 Å². The Labute approximate surface area is 171 Å². The Kier molecular flexibility index (Phi) is 6.92. The first-order chi connectivity index (χ1) is 13.9. The zero-order chi connectivity index (χ0) is 20.9. The van der Waals surface area contributed by atoms with Gasteiger partial charge in [0.1, 0.15) is 5.75 Å². The van der Waals surface area contributed by atoms with E-state index in [0.29, 0.717) is 5.75 Å². The normalized spacial score (nSPS) is 19.9. The molecule has 0 aromatic heterocycles. The SMILES string of the molecule is COc1ccc(S(=O)(=O)N2CCN(C(=O)COC(=O)C[C@@H]3C=CCC3)CC2)cc1. The minimum absolute atomic E-state index is 0.188. The Morgan fingerprint density at radius 3 is 2.38 bits per heavy atom. The zero-order valence-electron chi connectivity index (χ0n) is 16.5. The van der Waals surface area contributed by atoms with Crippen LogP contribution in [0.3, 0.4) is 0 Å². The highest BCUT2D eigenvalue weighted by atomic mass is 32.2. The summed E-state index contributed by atoms with van der Waals surface area (Å²) in [7, 11) is -2.11. The van der Waals surface area contributed by atoms with Crippen molar-refractivity contribution >= 4 is 21.9 Å². The molecule has 1 amide bonds. The van der Waals surface area contributed by atoms with Gasteiger partial charge in [-0.2, -0.15) is 4.31 Å². The third-order valence-corrected chi connectivity index (χ3v) is 7.10. The van der Waals surface area contributed by atoms with E-state index in [0.717, 1.165) is 12.8 Å². The summed E-state index contributed by atoms with van der Waals surface area (Å²) in [5.74, 6) is 0.0969. The molecule has 1 aromatic carbocycles. The molecule has 158 valence electrons. The molecule has 1 aliphatic carbocycles. The average molecular weight is 423 g/mol. The molecule has 0 saturated carbocycles. The molecule has 0 radical (unpaired) electrons. The van der Waals surface area contributed by atoms with E-state index in [2.05, 4.69) is 0 Å². The van der Waals surface area contributed by atoms with Gasteiger partial charge < -0.3 is 14.4 Å². The Morgan fingerprint density at radius 1 is 1.10 bits per heavy atom. The molecule has 1 atom stereocenters. The van der Waals surface area contributed by atoms with E-state index in [9.17, 15) is 18.0 Å². The van der Waals surface area contributed by atoms with Gasteiger partial charge in [0.2, 0.25) is 10.0 Å². The van der Waals surface area contributed by atoms with Gasteiger partial charge in [-0.15, -0.1) is 0 Å². The lowest BCUT2D eigenvalue weighted by molar-refractivity contribution is -0.153. The highest BCUT2D eigenvalue weighted by Crippen LogP contribution is 2.22. The summed E-state index contributed by atoms with van der Waals surface area (Å²) in [4.78, 5) is 25.9. The molecule has 8 nitrogen and oxygen atoms in total. The quantitative estimate of drug-likeness (QED) is 0.487. The summed E-state index contributed by atoms with van der Waals surface area (Å²) < 4.78 is 37.0. The predicted octanol–water partition coefficient (Wildman–Crippen LogP) is 1.43. The van der Waals surface area contributed by atoms with Crippen molar-refractivity contribution < 1.29 is 27.5 Å². The van der Waals surface area contributed by atoms with Gasteiger partial charge in [-0.1, -0.05) is 12.2 Å². The van der Waals surface area contributed by atoms with Gasteiger partial charge >= 0.3 is 5.97 Å². The van der Waals surface area contributed by atoms with Crippen LogP contribution in [0.4, 0.5) is 0 Å². The molecule has 1 aromatic rings. The Morgan fingerprint density at radius 2 is 1.79 bits per heavy atom. The monoisotopic (exact) mass is 422 g/mol. The van der Waals surface area contributed by atoms with Crippen LogP contribution in [0.1, 0.15) is 19.3 Å². The molecule has 0 unspecified atom stereocenters. The zero-order valence-corrected chi connectivity index (χ0v) is 17.3. The second-order valence-electron chi connectivity index (χ2n) is 7.09. The molecule has 0 N–H and O–H groups in total. The van der Waals surface area contributed by atoms with Gasteiger partial charge in [0, 0.05) is 26.2 Å². The molecule has 0 bridgehead atoms. The standard InChI is InChI=1S/C20H26N2O6S/c1-27-17-6-8-18(9-7-17)29(25,26)22-12-10-21(11-13-22)19(23)15-28-20(24)14-16-4-2-3-5-16/h2,4,6-9,16H,3,5,10-15H2,1H3/t16-/m1/s1. The second kappa shape index (κ2) is 9.41. The smallest absolute Gasteiger partial charge is 0.306 e. The number of rotatable bonds is 7. The van der Waals surface area contributed by atoms with Gasteiger partial charge in [0.15, 0.2) is 6.61 Å². The van der Waals surface area contributed by atoms with Crippen molar-refractivity contribution in [2.75, 3.05) is 39.9 Å². The van der Waals surface area contributed by atoms with E-state index < -0.39 is 10.0 Å². The Bertz CT molecular complexity index is 857. The summed E-state index contributed by atoms with van der Waals surface area (Å²) >= 11 is 0. The number of hydrogen-bond donors (Lipinski definition) is 0. The van der Waals surface area contributed by atoms with Crippen molar-refractivity contribution in [2.45, 2.75) is 24.2 Å². The molecule has 3 rings (SSSR count). The van der Waals surface area contributed by atoms with E-state index in [4.69, 9.17) is 9.47 Å². The number of hydrogen-bond acceptors (Lipinski definition) is 6. The molecule has 29 heavy (non-hydrogen) atoms. The number of piperazine rings is 1. The number of ether oxygens (including phenoxy) is 2. The largest absolute Gasteiger partial charge is 0.497 e. The summed E-state index contributed by atoms with van der Waals surface area (Å²) in [6.07, 6.45) is 6.25. The molecule has 1 fully saturated rings. The average Bonchev–Trinajstić information content (AvgIpc) is 3.25. The highest BCUT2D eigenvalue weighted by Gasteiger charge is 2.30. The lowest BCUT2D eigenvalue weighted by Gasteiger charge is -2.33. The summed E-state index contributed by atoms with van der Waals surface area (Å²) in [5, 5.41) is 0. The molecular weight excluding hydrogens is 396 g/mol. The van der Waals surface area contributed by atoms with E-state index in [1.54, 1.807) is 12.1 Å². The van der Waals surface area contributed by atoms with Crippen LogP contribution in [-0.2, 0) is 24.3 Å². The van der Waals surface area contributed by atoms with Crippen molar-refractivity contribution in [1.29, 1.82) is 0 Å². The van der Waals surface area contributed by atoms with E-state index in [1.165, 1.54) is 28.4 Å². The Hall–Kier alpha value is -2.39. The van der Waals surface area contributed by atoms with Crippen LogP contribution < -0.4 is 4.74 Å². The number of sulfonamides is 1. The first-order valence-electron chi connectivity index (χ1n) is 9.64. The fourth-order valence-corrected chi connectivity index (χ4v) is 4.87. The van der Waals surface area contributed by atoms with Gasteiger partial charge in [0.25, 0.3) is 5.91 Å². The predicted molar refractivity (Wildman–Crippen MR) is 106 cm³/mol. The number of nitrogens with zero attached hydrogens (tertiary/aromatic N) is 2. The lowest BCUT2D eigenvalue weighted by Crippen LogP contribution is -2.51. The first kappa shape index (κ1) is 21.3. The van der Waals surface area contributed by atoms with Crippen molar-refractivity contribution in [3.63, 3.8) is 0 Å². The number of esters is 1. The highest BCUT2D eigenvalue weighted by molar-refractivity contribution is 7.89. The van der Waals surface area contributed by atoms with Crippen LogP contribution in [0.15, 0.2) is 41.3 Å². The van der Waals surface area contributed by atoms with E-state index >= 15 is 0 Å². The summed E-state index contributed by atoms with van der Waals surface area (Å²) in [5.41, 5.74) is 0. The molecule has 2 aliphatic rings. The van der Waals surface area contributed by atoms with Crippen LogP contribution in [0.5, 0.6) is 5.75 Å². The maximum Gasteiger partial charge on any atom is 0.306 e. The number of allylic oxidation sites excluding steroid dienone is 2. The van der Waals surface area contributed by atoms with E-state index in [1.807, 2.05) is 12.2 Å². The van der Waals surface area contributed by atoms with Crippen molar-refractivity contribution in [1.82, 2.24) is 9.21 Å². The molecular formula is C20H26N2O6S. The van der Waals surface area contributed by atoms with Gasteiger partial charge in [0.05, 0.1) is 18.4 Å². The van der Waals surface area contributed by atoms with Crippen molar-refractivity contribution in [3.8, 4) is 5.75 Å². The third-order valence-electron chi connectivity index (χ3n) is 5.19. The molecule has 1 saturated heterocycles. The number of amides is 1. The van der Waals surface area contributed by atoms with Gasteiger partial charge in [-0.3, -0.25) is 9.59 Å². The lowest BCUT2D eigenvalue weighted by atomic mass is 10.1. The van der Waals surface area contributed by atoms with Crippen LogP contribution in [-0.4, -0.2) is 69.4 Å². The van der Waals surface area contributed by atoms with E-state index in [-0.39, 0.29) is 61.9 Å². The fourth-order valence-electron chi connectivity index (χ4n) is 3.45. The minimum Gasteiger partial charge on any atom is -0.497 e. The molecule has 0 spiro atoms.